The van der Waals surface area contributed by atoms with Crippen LogP contribution in [0.4, 0.5) is 0 Å². The number of rotatable bonds is 4. The number of piperidine rings is 2. The van der Waals surface area contributed by atoms with Gasteiger partial charge in [-0.05, 0) is 69.7 Å². The van der Waals surface area contributed by atoms with Gasteiger partial charge in [-0.2, -0.15) is 0 Å². The number of carbonyl (C=O) groups is 2. The molecule has 2 heterocycles. The molecule has 1 spiro atoms. The minimum atomic E-state index is -0.914. The summed E-state index contributed by atoms with van der Waals surface area (Å²) < 4.78 is 0. The molecule has 0 aromatic heterocycles. The van der Waals surface area contributed by atoms with E-state index in [-0.39, 0.29) is 11.3 Å². The lowest BCUT2D eigenvalue weighted by atomic mass is 9.72. The first kappa shape index (κ1) is 18.9. The van der Waals surface area contributed by atoms with E-state index in [0.29, 0.717) is 13.0 Å². The molecule has 0 bridgehead atoms. The second-order valence-corrected chi connectivity index (χ2v) is 8.24. The van der Waals surface area contributed by atoms with Gasteiger partial charge in [0.1, 0.15) is 6.04 Å². The van der Waals surface area contributed by atoms with E-state index in [9.17, 15) is 14.7 Å². The molecule has 142 valence electrons. The van der Waals surface area contributed by atoms with Crippen LogP contribution in [0.1, 0.15) is 49.3 Å². The molecule has 5 heteroatoms. The summed E-state index contributed by atoms with van der Waals surface area (Å²) in [6.45, 7) is 9.50. The highest BCUT2D eigenvalue weighted by atomic mass is 16.4. The molecule has 2 aliphatic heterocycles. The van der Waals surface area contributed by atoms with Gasteiger partial charge in [-0.15, -0.1) is 0 Å². The quantitative estimate of drug-likeness (QED) is 0.899. The monoisotopic (exact) mass is 358 g/mol. The molecule has 26 heavy (non-hydrogen) atoms. The maximum atomic E-state index is 12.2. The summed E-state index contributed by atoms with van der Waals surface area (Å²) in [6.07, 6.45) is 3.45. The van der Waals surface area contributed by atoms with Crippen molar-refractivity contribution in [2.75, 3.05) is 19.6 Å². The first-order valence-corrected chi connectivity index (χ1v) is 9.60. The van der Waals surface area contributed by atoms with Crippen LogP contribution in [-0.4, -0.2) is 52.5 Å². The summed E-state index contributed by atoms with van der Waals surface area (Å²) in [4.78, 5) is 27.6. The van der Waals surface area contributed by atoms with Gasteiger partial charge >= 0.3 is 5.97 Å². The number of aliphatic carboxylic acids is 1. The number of carboxylic acid groups (broad SMARTS) is 1. The van der Waals surface area contributed by atoms with Gasteiger partial charge in [0, 0.05) is 19.5 Å². The molecule has 2 fully saturated rings. The van der Waals surface area contributed by atoms with E-state index < -0.39 is 12.0 Å². The minimum Gasteiger partial charge on any atom is -0.480 e. The van der Waals surface area contributed by atoms with Crippen molar-refractivity contribution in [3.8, 4) is 0 Å². The molecule has 3 rings (SSSR count). The van der Waals surface area contributed by atoms with E-state index >= 15 is 0 Å². The summed E-state index contributed by atoms with van der Waals surface area (Å²) in [5.74, 6) is -0.925. The molecular weight excluding hydrogens is 328 g/mol. The van der Waals surface area contributed by atoms with Crippen LogP contribution in [0.2, 0.25) is 0 Å². The molecule has 2 aliphatic rings. The smallest absolute Gasteiger partial charge is 0.326 e. The Bertz CT molecular complexity index is 692. The number of benzene rings is 1. The van der Waals surface area contributed by atoms with Crippen LogP contribution in [0.25, 0.3) is 0 Å². The summed E-state index contributed by atoms with van der Waals surface area (Å²) in [6, 6.07) is 5.89. The van der Waals surface area contributed by atoms with Crippen molar-refractivity contribution in [1.82, 2.24) is 9.80 Å². The lowest BCUT2D eigenvalue weighted by Gasteiger charge is -2.48. The normalized spacial score (nSPS) is 21.8. The number of likely N-dealkylation sites (tertiary alicyclic amines) is 2. The summed E-state index contributed by atoms with van der Waals surface area (Å²) >= 11 is 0. The largest absolute Gasteiger partial charge is 0.480 e. The zero-order valence-electron chi connectivity index (χ0n) is 16.1. The molecule has 0 aliphatic carbocycles. The maximum Gasteiger partial charge on any atom is 0.326 e. The van der Waals surface area contributed by atoms with Crippen LogP contribution in [0.3, 0.4) is 0 Å². The number of carbonyl (C=O) groups excluding carboxylic acids is 1. The molecule has 5 nitrogen and oxygen atoms in total. The van der Waals surface area contributed by atoms with E-state index in [0.717, 1.165) is 38.9 Å². The van der Waals surface area contributed by atoms with E-state index in [2.05, 4.69) is 36.9 Å². The van der Waals surface area contributed by atoms with Crippen molar-refractivity contribution in [2.45, 2.75) is 59.0 Å². The van der Waals surface area contributed by atoms with Crippen molar-refractivity contribution in [3.05, 3.63) is 34.9 Å². The van der Waals surface area contributed by atoms with Gasteiger partial charge in [-0.25, -0.2) is 4.79 Å². The van der Waals surface area contributed by atoms with Crippen molar-refractivity contribution >= 4 is 11.9 Å². The van der Waals surface area contributed by atoms with Gasteiger partial charge in [0.25, 0.3) is 0 Å². The molecule has 0 radical (unpaired) electrons. The predicted octanol–water partition coefficient (Wildman–Crippen LogP) is 2.98. The molecule has 1 aromatic rings. The average Bonchev–Trinajstić information content (AvgIpc) is 2.62. The van der Waals surface area contributed by atoms with Crippen LogP contribution in [0.5, 0.6) is 0 Å². The van der Waals surface area contributed by atoms with E-state index in [1.54, 1.807) is 11.8 Å². The molecule has 1 amide bonds. The standard InChI is InChI=1S/C21H30N2O3/c1-15-4-5-16(2)18(12-15)13-22-10-8-21(9-11-22)7-6-19(24)23(14-21)17(3)20(25)26/h4-5,12,17H,6-11,13-14H2,1-3H3,(H,25,26)/t17-/m1/s1. The number of hydrogen-bond donors (Lipinski definition) is 1. The lowest BCUT2D eigenvalue weighted by molar-refractivity contribution is -0.155. The van der Waals surface area contributed by atoms with E-state index in [1.807, 2.05) is 0 Å². The third kappa shape index (κ3) is 3.93. The van der Waals surface area contributed by atoms with Gasteiger partial charge in [-0.3, -0.25) is 9.69 Å². The molecular formula is C21H30N2O3. The zero-order chi connectivity index (χ0) is 18.9. The minimum absolute atomic E-state index is 0.0108. The molecule has 0 saturated carbocycles. The fourth-order valence-corrected chi connectivity index (χ4v) is 4.34. The van der Waals surface area contributed by atoms with E-state index in [4.69, 9.17) is 0 Å². The molecule has 2 saturated heterocycles. The molecule has 1 N–H and O–H groups in total. The summed E-state index contributed by atoms with van der Waals surface area (Å²) in [5.41, 5.74) is 4.11. The topological polar surface area (TPSA) is 60.9 Å². The number of amides is 1. The SMILES string of the molecule is Cc1ccc(C)c(CN2CCC3(CCC(=O)N([C@H](C)C(=O)O)C3)CC2)c1. The Morgan fingerprint density at radius 3 is 2.58 bits per heavy atom. The van der Waals surface area contributed by atoms with Crippen molar-refractivity contribution < 1.29 is 14.7 Å². The summed E-state index contributed by atoms with van der Waals surface area (Å²) in [7, 11) is 0. The zero-order valence-corrected chi connectivity index (χ0v) is 16.1. The highest BCUT2D eigenvalue weighted by Crippen LogP contribution is 2.41. The Labute approximate surface area is 156 Å². The fraction of sp³-hybridized carbons (Fsp3) is 0.619. The van der Waals surface area contributed by atoms with Crippen molar-refractivity contribution in [3.63, 3.8) is 0 Å². The number of hydrogen-bond acceptors (Lipinski definition) is 3. The van der Waals surface area contributed by atoms with Gasteiger partial charge in [0.05, 0.1) is 0 Å². The van der Waals surface area contributed by atoms with Crippen LogP contribution < -0.4 is 0 Å². The van der Waals surface area contributed by atoms with Crippen molar-refractivity contribution in [1.29, 1.82) is 0 Å². The first-order valence-electron chi connectivity index (χ1n) is 9.60. The third-order valence-corrected chi connectivity index (χ3v) is 6.34. The Hall–Kier alpha value is -1.88. The first-order chi connectivity index (χ1) is 12.3. The Morgan fingerprint density at radius 2 is 1.92 bits per heavy atom. The second kappa shape index (κ2) is 7.39. The molecule has 0 unspecified atom stereocenters. The lowest BCUT2D eigenvalue weighted by Crippen LogP contribution is -2.55. The van der Waals surface area contributed by atoms with Crippen molar-refractivity contribution in [2.24, 2.45) is 5.41 Å². The Balaban J connectivity index is 1.63. The molecule has 1 atom stereocenters. The average molecular weight is 358 g/mol. The fourth-order valence-electron chi connectivity index (χ4n) is 4.34. The van der Waals surface area contributed by atoms with Gasteiger partial charge < -0.3 is 10.0 Å². The third-order valence-electron chi connectivity index (χ3n) is 6.34. The maximum absolute atomic E-state index is 12.2. The van der Waals surface area contributed by atoms with Crippen LogP contribution in [0, 0.1) is 19.3 Å². The highest BCUT2D eigenvalue weighted by Gasteiger charge is 2.43. The Morgan fingerprint density at radius 1 is 1.23 bits per heavy atom. The van der Waals surface area contributed by atoms with Crippen LogP contribution in [-0.2, 0) is 16.1 Å². The van der Waals surface area contributed by atoms with Gasteiger partial charge in [0.2, 0.25) is 5.91 Å². The Kier molecular flexibility index (Phi) is 5.37. The van der Waals surface area contributed by atoms with Crippen LogP contribution >= 0.6 is 0 Å². The summed E-state index contributed by atoms with van der Waals surface area (Å²) in [5, 5.41) is 9.29. The second-order valence-electron chi connectivity index (χ2n) is 8.24. The highest BCUT2D eigenvalue weighted by molar-refractivity contribution is 5.84. The van der Waals surface area contributed by atoms with Gasteiger partial charge in [-0.1, -0.05) is 23.8 Å². The molecule has 1 aromatic carbocycles. The number of nitrogens with zero attached hydrogens (tertiary/aromatic N) is 2. The number of carboxylic acids is 1. The predicted molar refractivity (Wildman–Crippen MR) is 101 cm³/mol. The number of aryl methyl sites for hydroxylation is 2. The van der Waals surface area contributed by atoms with Crippen LogP contribution in [0.15, 0.2) is 18.2 Å². The van der Waals surface area contributed by atoms with E-state index in [1.165, 1.54) is 16.7 Å². The van der Waals surface area contributed by atoms with Gasteiger partial charge in [0.15, 0.2) is 0 Å².